The maximum atomic E-state index is 9.58. The number of fused-ring (bicyclic) bond motifs is 6. The van der Waals surface area contributed by atoms with E-state index in [0.717, 1.165) is 64.0 Å². The fraction of sp³-hybridized carbons (Fsp3) is 0. The Hall–Kier alpha value is -7.79. The lowest BCUT2D eigenvalue weighted by Crippen LogP contribution is -2.00. The molecule has 3 nitrogen and oxygen atoms in total. The molecule has 0 spiro atoms. The summed E-state index contributed by atoms with van der Waals surface area (Å²) >= 11 is 1.62. The Morgan fingerprint density at radius 1 is 0.328 bits per heavy atom. The number of thiophene rings is 1. The number of aromatic nitrogens is 3. The second-order valence-electron chi connectivity index (χ2n) is 15.1. The zero-order valence-corrected chi connectivity index (χ0v) is 33.3. The monoisotopic (exact) mass is 799 g/mol. The van der Waals surface area contributed by atoms with Crippen molar-refractivity contribution >= 4 is 63.8 Å². The van der Waals surface area contributed by atoms with E-state index in [1.165, 1.54) is 0 Å². The van der Waals surface area contributed by atoms with Crippen molar-refractivity contribution < 1.29 is 8.22 Å². The average Bonchev–Trinajstić information content (AvgIpc) is 3.76. The van der Waals surface area contributed by atoms with Crippen LogP contribution in [-0.2, 0) is 0 Å². The first-order valence-corrected chi connectivity index (χ1v) is 20.9. The highest BCUT2D eigenvalue weighted by Gasteiger charge is 2.16. The first kappa shape index (κ1) is 29.4. The summed E-state index contributed by atoms with van der Waals surface area (Å²) < 4.78 is 58.6. The molecule has 4 heteroatoms. The molecule has 284 valence electrons. The standard InChI is InChI=1S/C57H35N3S/c1-3-12-38-30-42(24-22-36(38)10-1)40-14-7-16-47(34-40)55-58-56(60-57(59-55)49-29-23-37-11-2-4-13-39(37)33-49)48-17-8-15-41(35-48)43-25-26-45-32-46(28-27-44(45)31-43)50-19-9-21-53-54(50)51-18-5-6-20-52(51)61-53/h1-35H/i25D,26D,27D,28D,31D,32D. The third kappa shape index (κ3) is 6.42. The summed E-state index contributed by atoms with van der Waals surface area (Å²) in [6.07, 6.45) is 0. The summed E-state index contributed by atoms with van der Waals surface area (Å²) in [5.41, 5.74) is 5.68. The van der Waals surface area contributed by atoms with Gasteiger partial charge in [0.15, 0.2) is 17.5 Å². The number of rotatable bonds is 6. The van der Waals surface area contributed by atoms with Crippen molar-refractivity contribution in [1.82, 2.24) is 15.0 Å². The minimum absolute atomic E-state index is 0.00478. The maximum absolute atomic E-state index is 9.58. The van der Waals surface area contributed by atoms with Crippen LogP contribution in [0, 0.1) is 0 Å². The number of nitrogens with zero attached hydrogens (tertiary/aromatic N) is 3. The fourth-order valence-corrected chi connectivity index (χ4v) is 9.38. The summed E-state index contributed by atoms with van der Waals surface area (Å²) in [6.45, 7) is 0. The second kappa shape index (κ2) is 14.5. The summed E-state index contributed by atoms with van der Waals surface area (Å²) in [4.78, 5) is 15.2. The minimum Gasteiger partial charge on any atom is -0.208 e. The lowest BCUT2D eigenvalue weighted by Gasteiger charge is -2.12. The third-order valence-electron chi connectivity index (χ3n) is 11.3. The Labute approximate surface area is 365 Å². The van der Waals surface area contributed by atoms with Gasteiger partial charge < -0.3 is 0 Å². The van der Waals surface area contributed by atoms with Gasteiger partial charge in [0.25, 0.3) is 0 Å². The van der Waals surface area contributed by atoms with E-state index in [1.54, 1.807) is 29.5 Å². The largest absolute Gasteiger partial charge is 0.208 e. The number of benzene rings is 10. The van der Waals surface area contributed by atoms with Crippen LogP contribution in [0.4, 0.5) is 0 Å². The smallest absolute Gasteiger partial charge is 0.164 e. The molecule has 12 aromatic rings. The van der Waals surface area contributed by atoms with Crippen molar-refractivity contribution in [1.29, 1.82) is 0 Å². The van der Waals surface area contributed by atoms with Crippen molar-refractivity contribution in [3.63, 3.8) is 0 Å². The van der Waals surface area contributed by atoms with E-state index in [2.05, 4.69) is 66.7 Å². The van der Waals surface area contributed by atoms with Gasteiger partial charge in [0.05, 0.1) is 8.22 Å². The van der Waals surface area contributed by atoms with Crippen LogP contribution < -0.4 is 0 Å². The molecule has 0 atom stereocenters. The Bertz CT molecular complexity index is 4030. The molecule has 10 aromatic carbocycles. The van der Waals surface area contributed by atoms with E-state index in [-0.39, 0.29) is 58.2 Å². The van der Waals surface area contributed by atoms with Gasteiger partial charge in [-0.2, -0.15) is 0 Å². The molecule has 12 rings (SSSR count). The first-order valence-electron chi connectivity index (χ1n) is 23.1. The quantitative estimate of drug-likeness (QED) is 0.168. The zero-order valence-electron chi connectivity index (χ0n) is 38.5. The van der Waals surface area contributed by atoms with Gasteiger partial charge in [0, 0.05) is 36.9 Å². The highest BCUT2D eigenvalue weighted by Crippen LogP contribution is 2.41. The van der Waals surface area contributed by atoms with Crippen molar-refractivity contribution in [3.8, 4) is 67.5 Å². The SMILES string of the molecule is [2H]c1c(-c2cccc3sc4ccccc4c23)c([2H])c2c([2H])c([2H])c(-c3cccc(-c4nc(-c5cccc(-c6ccc7ccccc7c6)c5)nc(-c5ccc6ccccc6c5)n4)c3)c([2H])c2c1[2H]. The molecular weight excluding hydrogens is 759 g/mol. The molecule has 2 aromatic heterocycles. The van der Waals surface area contributed by atoms with Gasteiger partial charge in [-0.05, 0) is 114 Å². The van der Waals surface area contributed by atoms with Crippen LogP contribution in [0.1, 0.15) is 8.22 Å². The molecule has 0 saturated heterocycles. The summed E-state index contributed by atoms with van der Waals surface area (Å²) in [5.74, 6) is 1.31. The van der Waals surface area contributed by atoms with E-state index in [1.807, 2.05) is 91.0 Å². The van der Waals surface area contributed by atoms with Gasteiger partial charge in [-0.1, -0.05) is 164 Å². The molecule has 0 saturated carbocycles. The van der Waals surface area contributed by atoms with Crippen LogP contribution in [0.3, 0.4) is 0 Å². The molecule has 0 amide bonds. The van der Waals surface area contributed by atoms with Gasteiger partial charge in [0.2, 0.25) is 0 Å². The lowest BCUT2D eigenvalue weighted by molar-refractivity contribution is 1.07. The number of hydrogen-bond donors (Lipinski definition) is 0. The second-order valence-corrected chi connectivity index (χ2v) is 16.2. The number of hydrogen-bond acceptors (Lipinski definition) is 4. The Balaban J connectivity index is 1.01. The van der Waals surface area contributed by atoms with Crippen molar-refractivity contribution in [2.75, 3.05) is 0 Å². The van der Waals surface area contributed by atoms with Crippen LogP contribution in [0.15, 0.2) is 212 Å². The van der Waals surface area contributed by atoms with E-state index < -0.39 is 0 Å². The normalized spacial score (nSPS) is 13.0. The zero-order chi connectivity index (χ0) is 45.5. The van der Waals surface area contributed by atoms with Crippen LogP contribution in [-0.4, -0.2) is 15.0 Å². The van der Waals surface area contributed by atoms with Crippen LogP contribution in [0.2, 0.25) is 0 Å². The molecule has 0 fully saturated rings. The van der Waals surface area contributed by atoms with Crippen molar-refractivity contribution in [2.45, 2.75) is 0 Å². The van der Waals surface area contributed by atoms with E-state index in [9.17, 15) is 8.22 Å². The highest BCUT2D eigenvalue weighted by molar-refractivity contribution is 7.25. The first-order chi connectivity index (χ1) is 32.7. The molecule has 0 radical (unpaired) electrons. The summed E-state index contributed by atoms with van der Waals surface area (Å²) in [7, 11) is 0. The molecule has 0 aliphatic rings. The summed E-state index contributed by atoms with van der Waals surface area (Å²) in [5, 5.41) is 6.31. The van der Waals surface area contributed by atoms with Gasteiger partial charge >= 0.3 is 0 Å². The Morgan fingerprint density at radius 2 is 0.803 bits per heavy atom. The summed E-state index contributed by atoms with van der Waals surface area (Å²) in [6, 6.07) is 56.8. The molecule has 0 aliphatic heterocycles. The lowest BCUT2D eigenvalue weighted by atomic mass is 9.95. The maximum Gasteiger partial charge on any atom is 0.164 e. The van der Waals surface area contributed by atoms with Gasteiger partial charge in [-0.3, -0.25) is 0 Å². The van der Waals surface area contributed by atoms with Crippen molar-refractivity contribution in [2.24, 2.45) is 0 Å². The topological polar surface area (TPSA) is 38.7 Å². The van der Waals surface area contributed by atoms with Crippen LogP contribution in [0.25, 0.3) is 120 Å². The molecule has 2 heterocycles. The minimum atomic E-state index is -0.277. The van der Waals surface area contributed by atoms with Crippen LogP contribution in [0.5, 0.6) is 0 Å². The molecule has 0 aliphatic carbocycles. The fourth-order valence-electron chi connectivity index (χ4n) is 8.25. The average molecular weight is 800 g/mol. The van der Waals surface area contributed by atoms with E-state index in [4.69, 9.17) is 15.0 Å². The molecular formula is C57H35N3S. The van der Waals surface area contributed by atoms with Gasteiger partial charge in [0.1, 0.15) is 0 Å². The van der Waals surface area contributed by atoms with E-state index in [0.29, 0.717) is 34.2 Å². The molecule has 61 heavy (non-hydrogen) atoms. The molecule has 0 N–H and O–H groups in total. The highest BCUT2D eigenvalue weighted by atomic mass is 32.1. The van der Waals surface area contributed by atoms with Gasteiger partial charge in [-0.25, -0.2) is 15.0 Å². The predicted molar refractivity (Wildman–Crippen MR) is 258 cm³/mol. The third-order valence-corrected chi connectivity index (χ3v) is 12.4. The van der Waals surface area contributed by atoms with E-state index >= 15 is 0 Å². The van der Waals surface area contributed by atoms with Crippen molar-refractivity contribution in [3.05, 3.63) is 212 Å². The van der Waals surface area contributed by atoms with Crippen LogP contribution >= 0.6 is 11.3 Å². The predicted octanol–water partition coefficient (Wildman–Crippen LogP) is 15.7. The Morgan fingerprint density at radius 3 is 1.49 bits per heavy atom. The molecule has 0 unspecified atom stereocenters. The molecule has 0 bridgehead atoms. The van der Waals surface area contributed by atoms with Gasteiger partial charge in [-0.15, -0.1) is 11.3 Å². The Kier molecular flexibility index (Phi) is 6.99.